The van der Waals surface area contributed by atoms with Gasteiger partial charge in [0.05, 0.1) is 0 Å². The van der Waals surface area contributed by atoms with Gasteiger partial charge in [0, 0.05) is 5.56 Å². The maximum atomic E-state index is 12.0. The summed E-state index contributed by atoms with van der Waals surface area (Å²) in [5.74, 6) is 0.127. The molecule has 1 nitrogen and oxygen atoms in total. The Labute approximate surface area is 105 Å². The SMILES string of the molecule is C/C=C/C(=O)c1ccc(CC)c(CC)c1CC. The predicted octanol–water partition coefficient (Wildman–Crippen LogP) is 4.13. The molecule has 0 N–H and O–H groups in total. The molecule has 0 aliphatic rings. The number of hydrogen-bond donors (Lipinski definition) is 0. The molecule has 1 aromatic rings. The first-order valence-electron chi connectivity index (χ1n) is 6.50. The Morgan fingerprint density at radius 3 is 2.18 bits per heavy atom. The highest BCUT2D eigenvalue weighted by atomic mass is 16.1. The highest BCUT2D eigenvalue weighted by Crippen LogP contribution is 2.22. The average Bonchev–Trinajstić information content (AvgIpc) is 2.36. The van der Waals surface area contributed by atoms with Crippen molar-refractivity contribution in [3.05, 3.63) is 46.5 Å². The molecule has 0 fully saturated rings. The highest BCUT2D eigenvalue weighted by molar-refractivity contribution is 6.05. The van der Waals surface area contributed by atoms with Gasteiger partial charge in [-0.2, -0.15) is 0 Å². The molecule has 0 saturated heterocycles. The quantitative estimate of drug-likeness (QED) is 0.549. The van der Waals surface area contributed by atoms with E-state index in [2.05, 4.69) is 26.8 Å². The lowest BCUT2D eigenvalue weighted by Crippen LogP contribution is -2.06. The van der Waals surface area contributed by atoms with Crippen LogP contribution in [0, 0.1) is 0 Å². The fraction of sp³-hybridized carbons (Fsp3) is 0.438. The van der Waals surface area contributed by atoms with Crippen LogP contribution in [0.25, 0.3) is 0 Å². The molecular weight excluding hydrogens is 208 g/mol. The smallest absolute Gasteiger partial charge is 0.185 e. The van der Waals surface area contributed by atoms with Gasteiger partial charge in [-0.15, -0.1) is 0 Å². The monoisotopic (exact) mass is 230 g/mol. The van der Waals surface area contributed by atoms with E-state index in [1.165, 1.54) is 16.7 Å². The topological polar surface area (TPSA) is 17.1 Å². The molecule has 0 unspecified atom stereocenters. The molecule has 0 spiro atoms. The van der Waals surface area contributed by atoms with Gasteiger partial charge in [0.1, 0.15) is 0 Å². The molecule has 0 atom stereocenters. The van der Waals surface area contributed by atoms with Gasteiger partial charge in [0.2, 0.25) is 0 Å². The van der Waals surface area contributed by atoms with Crippen molar-refractivity contribution in [3.63, 3.8) is 0 Å². The maximum Gasteiger partial charge on any atom is 0.185 e. The van der Waals surface area contributed by atoms with Crippen LogP contribution in [0.1, 0.15) is 54.7 Å². The zero-order valence-electron chi connectivity index (χ0n) is 11.3. The Hall–Kier alpha value is -1.37. The molecule has 92 valence electrons. The standard InChI is InChI=1S/C16H22O/c1-5-9-16(17)15-11-10-12(6-2)13(7-3)14(15)8-4/h5,9-11H,6-8H2,1-4H3/b9-5+. The van der Waals surface area contributed by atoms with Crippen LogP contribution in [0.2, 0.25) is 0 Å². The van der Waals surface area contributed by atoms with Crippen molar-refractivity contribution in [2.45, 2.75) is 47.0 Å². The first-order valence-corrected chi connectivity index (χ1v) is 6.50. The minimum atomic E-state index is 0.127. The summed E-state index contributed by atoms with van der Waals surface area (Å²) in [4.78, 5) is 12.0. The van der Waals surface area contributed by atoms with E-state index < -0.39 is 0 Å². The third-order valence-corrected chi connectivity index (χ3v) is 3.20. The van der Waals surface area contributed by atoms with Crippen LogP contribution in [-0.4, -0.2) is 5.78 Å². The fourth-order valence-corrected chi connectivity index (χ4v) is 2.39. The summed E-state index contributed by atoms with van der Waals surface area (Å²) in [5.41, 5.74) is 4.85. The summed E-state index contributed by atoms with van der Waals surface area (Å²) in [7, 11) is 0. The van der Waals surface area contributed by atoms with Crippen LogP contribution >= 0.6 is 0 Å². The number of carbonyl (C=O) groups excluding carboxylic acids is 1. The van der Waals surface area contributed by atoms with Crippen LogP contribution in [-0.2, 0) is 19.3 Å². The number of carbonyl (C=O) groups is 1. The zero-order valence-corrected chi connectivity index (χ0v) is 11.3. The van der Waals surface area contributed by atoms with E-state index in [1.807, 2.05) is 13.0 Å². The summed E-state index contributed by atoms with van der Waals surface area (Å²) in [6, 6.07) is 4.09. The summed E-state index contributed by atoms with van der Waals surface area (Å²) >= 11 is 0. The van der Waals surface area contributed by atoms with Crippen molar-refractivity contribution in [1.29, 1.82) is 0 Å². The number of aryl methyl sites for hydroxylation is 1. The van der Waals surface area contributed by atoms with Gasteiger partial charge in [-0.1, -0.05) is 39.0 Å². The molecule has 0 amide bonds. The summed E-state index contributed by atoms with van der Waals surface area (Å²) in [6.07, 6.45) is 6.42. The molecule has 1 aromatic carbocycles. The lowest BCUT2D eigenvalue weighted by atomic mass is 9.90. The Bertz CT molecular complexity index is 427. The lowest BCUT2D eigenvalue weighted by molar-refractivity contribution is 0.104. The Kier molecular flexibility index (Phi) is 5.14. The molecule has 0 aliphatic heterocycles. The Morgan fingerprint density at radius 1 is 1.06 bits per heavy atom. The summed E-state index contributed by atoms with van der Waals surface area (Å²) < 4.78 is 0. The molecule has 0 radical (unpaired) electrons. The highest BCUT2D eigenvalue weighted by Gasteiger charge is 2.13. The molecule has 0 aliphatic carbocycles. The molecule has 0 saturated carbocycles. The largest absolute Gasteiger partial charge is 0.289 e. The molecular formula is C16H22O. The Balaban J connectivity index is 3.37. The molecule has 0 aromatic heterocycles. The van der Waals surface area contributed by atoms with Crippen molar-refractivity contribution in [3.8, 4) is 0 Å². The van der Waals surface area contributed by atoms with E-state index in [-0.39, 0.29) is 5.78 Å². The van der Waals surface area contributed by atoms with Crippen molar-refractivity contribution in [1.82, 2.24) is 0 Å². The first-order chi connectivity index (χ1) is 8.19. The van der Waals surface area contributed by atoms with Gasteiger partial charge in [-0.3, -0.25) is 4.79 Å². The fourth-order valence-electron chi connectivity index (χ4n) is 2.39. The number of benzene rings is 1. The van der Waals surface area contributed by atoms with Gasteiger partial charge < -0.3 is 0 Å². The first kappa shape index (κ1) is 13.7. The third kappa shape index (κ3) is 2.85. The summed E-state index contributed by atoms with van der Waals surface area (Å²) in [6.45, 7) is 8.34. The second-order valence-electron chi connectivity index (χ2n) is 4.15. The van der Waals surface area contributed by atoms with Gasteiger partial charge in [0.15, 0.2) is 5.78 Å². The second-order valence-corrected chi connectivity index (χ2v) is 4.15. The van der Waals surface area contributed by atoms with E-state index >= 15 is 0 Å². The van der Waals surface area contributed by atoms with Crippen LogP contribution in [0.15, 0.2) is 24.3 Å². The van der Waals surface area contributed by atoms with Gasteiger partial charge in [0.25, 0.3) is 0 Å². The van der Waals surface area contributed by atoms with Crippen molar-refractivity contribution >= 4 is 5.78 Å². The minimum Gasteiger partial charge on any atom is -0.289 e. The van der Waals surface area contributed by atoms with Gasteiger partial charge >= 0.3 is 0 Å². The number of ketones is 1. The normalized spacial score (nSPS) is 11.1. The van der Waals surface area contributed by atoms with Crippen molar-refractivity contribution < 1.29 is 4.79 Å². The van der Waals surface area contributed by atoms with Crippen LogP contribution in [0.4, 0.5) is 0 Å². The van der Waals surface area contributed by atoms with E-state index in [0.29, 0.717) is 0 Å². The zero-order chi connectivity index (χ0) is 12.8. The third-order valence-electron chi connectivity index (χ3n) is 3.20. The van der Waals surface area contributed by atoms with Crippen LogP contribution in [0.5, 0.6) is 0 Å². The molecule has 1 rings (SSSR count). The molecule has 0 bridgehead atoms. The average molecular weight is 230 g/mol. The van der Waals surface area contributed by atoms with Gasteiger partial charge in [-0.25, -0.2) is 0 Å². The molecule has 0 heterocycles. The lowest BCUT2D eigenvalue weighted by Gasteiger charge is -2.15. The van der Waals surface area contributed by atoms with Crippen molar-refractivity contribution in [2.24, 2.45) is 0 Å². The minimum absolute atomic E-state index is 0.127. The number of rotatable bonds is 5. The molecule has 1 heteroatoms. The van der Waals surface area contributed by atoms with E-state index in [0.717, 1.165) is 24.8 Å². The summed E-state index contributed by atoms with van der Waals surface area (Å²) in [5, 5.41) is 0. The van der Waals surface area contributed by atoms with E-state index in [9.17, 15) is 4.79 Å². The predicted molar refractivity (Wildman–Crippen MR) is 73.7 cm³/mol. The number of allylic oxidation sites excluding steroid dienone is 2. The van der Waals surface area contributed by atoms with Crippen molar-refractivity contribution in [2.75, 3.05) is 0 Å². The van der Waals surface area contributed by atoms with Crippen LogP contribution in [0.3, 0.4) is 0 Å². The van der Waals surface area contributed by atoms with E-state index in [4.69, 9.17) is 0 Å². The van der Waals surface area contributed by atoms with E-state index in [1.54, 1.807) is 12.2 Å². The van der Waals surface area contributed by atoms with Gasteiger partial charge in [-0.05, 0) is 49.0 Å². The van der Waals surface area contributed by atoms with Crippen LogP contribution < -0.4 is 0 Å². The maximum absolute atomic E-state index is 12.0. The molecule has 17 heavy (non-hydrogen) atoms. The second kappa shape index (κ2) is 6.39. The number of hydrogen-bond acceptors (Lipinski definition) is 1. The Morgan fingerprint density at radius 2 is 1.71 bits per heavy atom.